The summed E-state index contributed by atoms with van der Waals surface area (Å²) in [6, 6.07) is 7.31. The Kier molecular flexibility index (Phi) is 15.2. The van der Waals surface area contributed by atoms with Gasteiger partial charge in [0, 0.05) is 5.02 Å². The van der Waals surface area contributed by atoms with Crippen molar-refractivity contribution in [3.05, 3.63) is 34.9 Å². The fourth-order valence-electron chi connectivity index (χ4n) is 0.877. The molecule has 4 N–H and O–H groups in total. The second-order valence-electron chi connectivity index (χ2n) is 2.99. The zero-order valence-electron chi connectivity index (χ0n) is 11.9. The Balaban J connectivity index is 0. The van der Waals surface area contributed by atoms with Crippen molar-refractivity contribution < 1.29 is 9.47 Å². The van der Waals surface area contributed by atoms with Gasteiger partial charge >= 0.3 is 0 Å². The molecule has 0 atom stereocenters. The van der Waals surface area contributed by atoms with Crippen LogP contribution in [0, 0.1) is 0 Å². The summed E-state index contributed by atoms with van der Waals surface area (Å²) in [5.74, 6) is 0. The molecule has 0 aliphatic rings. The van der Waals surface area contributed by atoms with E-state index >= 15 is 0 Å². The highest BCUT2D eigenvalue weighted by molar-refractivity contribution is 7.80. The van der Waals surface area contributed by atoms with Gasteiger partial charge in [0.1, 0.15) is 6.61 Å². The summed E-state index contributed by atoms with van der Waals surface area (Å²) in [5, 5.41) is 0.886. The minimum atomic E-state index is 0.0601. The number of thiocarbonyl (C=S) groups is 2. The number of hydrogen-bond donors (Lipinski definition) is 2. The summed E-state index contributed by atoms with van der Waals surface area (Å²) in [4.78, 5) is 0. The maximum atomic E-state index is 5.68. The van der Waals surface area contributed by atoms with Gasteiger partial charge in [-0.05, 0) is 49.1 Å². The molecule has 1 aromatic carbocycles. The molecule has 0 saturated carbocycles. The molecule has 0 aliphatic carbocycles. The molecule has 114 valence electrons. The fraction of sp³-hybridized carbons (Fsp3) is 0.385. The van der Waals surface area contributed by atoms with E-state index in [9.17, 15) is 0 Å². The Labute approximate surface area is 136 Å². The first-order valence-electron chi connectivity index (χ1n) is 6.04. The average molecular weight is 337 g/mol. The molecule has 0 radical (unpaired) electrons. The van der Waals surface area contributed by atoms with Crippen molar-refractivity contribution in [1.82, 2.24) is 0 Å². The van der Waals surface area contributed by atoms with E-state index in [-0.39, 0.29) is 10.3 Å². The van der Waals surface area contributed by atoms with Crippen LogP contribution in [-0.4, -0.2) is 17.0 Å². The van der Waals surface area contributed by atoms with Gasteiger partial charge in [-0.15, -0.1) is 0 Å². The molecule has 7 heteroatoms. The standard InChI is InChI=1S/C8H8ClNOS.C3H7NOS.C2H6/c9-7-3-1-6(2-4-7)5-11-8(10)12;1-2-5-3(4)6;1-2/h1-4H,5H2,(H2,10,12);2H2,1H3,(H2,4,6);1-2H3. The van der Waals surface area contributed by atoms with Crippen LogP contribution in [0.15, 0.2) is 24.3 Å². The van der Waals surface area contributed by atoms with Crippen LogP contribution >= 0.6 is 36.0 Å². The van der Waals surface area contributed by atoms with Crippen molar-refractivity contribution in [2.75, 3.05) is 6.61 Å². The lowest BCUT2D eigenvalue weighted by Gasteiger charge is -2.02. The lowest BCUT2D eigenvalue weighted by molar-refractivity contribution is 0.296. The highest BCUT2D eigenvalue weighted by atomic mass is 35.5. The van der Waals surface area contributed by atoms with E-state index in [4.69, 9.17) is 27.8 Å². The number of hydrogen-bond acceptors (Lipinski definition) is 4. The van der Waals surface area contributed by atoms with Crippen LogP contribution in [0.25, 0.3) is 0 Å². The first-order chi connectivity index (χ1) is 9.45. The van der Waals surface area contributed by atoms with E-state index in [0.717, 1.165) is 5.56 Å². The Morgan fingerprint density at radius 3 is 1.80 bits per heavy atom. The van der Waals surface area contributed by atoms with Crippen molar-refractivity contribution in [1.29, 1.82) is 0 Å². The van der Waals surface area contributed by atoms with Crippen molar-refractivity contribution in [3.63, 3.8) is 0 Å². The normalized spacial score (nSPS) is 8.20. The molecule has 0 saturated heterocycles. The van der Waals surface area contributed by atoms with Gasteiger partial charge in [-0.25, -0.2) is 0 Å². The van der Waals surface area contributed by atoms with Crippen LogP contribution < -0.4 is 11.5 Å². The first kappa shape index (κ1) is 21.2. The largest absolute Gasteiger partial charge is 0.472 e. The summed E-state index contributed by atoms with van der Waals surface area (Å²) in [7, 11) is 0. The third kappa shape index (κ3) is 14.9. The van der Waals surface area contributed by atoms with Crippen molar-refractivity contribution in [3.8, 4) is 0 Å². The second kappa shape index (κ2) is 14.3. The van der Waals surface area contributed by atoms with Crippen LogP contribution in [0.2, 0.25) is 5.02 Å². The number of halogens is 1. The third-order valence-corrected chi connectivity index (χ3v) is 2.07. The first-order valence-corrected chi connectivity index (χ1v) is 7.24. The minimum absolute atomic E-state index is 0.0601. The van der Waals surface area contributed by atoms with Crippen molar-refractivity contribution >= 4 is 46.4 Å². The van der Waals surface area contributed by atoms with Crippen LogP contribution in [-0.2, 0) is 16.1 Å². The van der Waals surface area contributed by atoms with Crippen LogP contribution in [0.5, 0.6) is 0 Å². The number of rotatable bonds is 3. The molecule has 0 fully saturated rings. The van der Waals surface area contributed by atoms with Crippen LogP contribution in [0.3, 0.4) is 0 Å². The van der Waals surface area contributed by atoms with Gasteiger partial charge < -0.3 is 20.9 Å². The molecule has 0 bridgehead atoms. The molecule has 4 nitrogen and oxygen atoms in total. The lowest BCUT2D eigenvalue weighted by atomic mass is 10.2. The molecule has 1 rings (SSSR count). The molecule has 0 heterocycles. The Morgan fingerprint density at radius 1 is 1.05 bits per heavy atom. The van der Waals surface area contributed by atoms with E-state index in [0.29, 0.717) is 18.2 Å². The maximum absolute atomic E-state index is 5.68. The van der Waals surface area contributed by atoms with Crippen LogP contribution in [0.4, 0.5) is 0 Å². The topological polar surface area (TPSA) is 70.5 Å². The number of ether oxygens (including phenoxy) is 2. The molecule has 0 aromatic heterocycles. The van der Waals surface area contributed by atoms with E-state index in [2.05, 4.69) is 29.2 Å². The third-order valence-electron chi connectivity index (χ3n) is 1.58. The Morgan fingerprint density at radius 2 is 1.50 bits per heavy atom. The van der Waals surface area contributed by atoms with E-state index in [1.165, 1.54) is 0 Å². The monoisotopic (exact) mass is 336 g/mol. The van der Waals surface area contributed by atoms with Crippen molar-refractivity contribution in [2.24, 2.45) is 11.5 Å². The molecular weight excluding hydrogens is 316 g/mol. The van der Waals surface area contributed by atoms with Gasteiger partial charge in [0.2, 0.25) is 0 Å². The SMILES string of the molecule is CC.CCOC(N)=S.NC(=S)OCc1ccc(Cl)cc1. The van der Waals surface area contributed by atoms with Crippen molar-refractivity contribution in [2.45, 2.75) is 27.4 Å². The molecule has 0 unspecified atom stereocenters. The van der Waals surface area contributed by atoms with E-state index in [1.807, 2.05) is 32.9 Å². The number of nitrogens with two attached hydrogens (primary N) is 2. The van der Waals surface area contributed by atoms with Gasteiger partial charge in [-0.3, -0.25) is 0 Å². The predicted octanol–water partition coefficient (Wildman–Crippen LogP) is 3.39. The lowest BCUT2D eigenvalue weighted by Crippen LogP contribution is -2.12. The van der Waals surface area contributed by atoms with Gasteiger partial charge in [0.05, 0.1) is 6.61 Å². The fourth-order valence-corrected chi connectivity index (χ4v) is 1.18. The van der Waals surface area contributed by atoms with Gasteiger partial charge in [-0.2, -0.15) is 0 Å². The molecule has 0 amide bonds. The van der Waals surface area contributed by atoms with Gasteiger partial charge in [0.25, 0.3) is 10.3 Å². The highest BCUT2D eigenvalue weighted by Gasteiger charge is 1.93. The Bertz CT molecular complexity index is 386. The molecule has 1 aromatic rings. The van der Waals surface area contributed by atoms with E-state index < -0.39 is 0 Å². The summed E-state index contributed by atoms with van der Waals surface area (Å²) in [6.45, 7) is 6.79. The average Bonchev–Trinajstić information content (AvgIpc) is 2.41. The maximum Gasteiger partial charge on any atom is 0.254 e. The predicted molar refractivity (Wildman–Crippen MR) is 92.8 cm³/mol. The highest BCUT2D eigenvalue weighted by Crippen LogP contribution is 2.09. The molecular formula is C13H21ClN2O2S2. The zero-order valence-corrected chi connectivity index (χ0v) is 14.3. The summed E-state index contributed by atoms with van der Waals surface area (Å²) < 4.78 is 9.48. The smallest absolute Gasteiger partial charge is 0.254 e. The summed E-state index contributed by atoms with van der Waals surface area (Å²) in [5.41, 5.74) is 11.1. The Hall–Kier alpha value is -1.11. The molecule has 0 spiro atoms. The van der Waals surface area contributed by atoms with Gasteiger partial charge in [0.15, 0.2) is 0 Å². The second-order valence-corrected chi connectivity index (χ2v) is 4.23. The zero-order chi connectivity index (χ0) is 16.0. The molecule has 0 aliphatic heterocycles. The quantitative estimate of drug-likeness (QED) is 0.824. The summed E-state index contributed by atoms with van der Waals surface area (Å²) >= 11 is 14.6. The summed E-state index contributed by atoms with van der Waals surface area (Å²) in [6.07, 6.45) is 0. The molecule has 20 heavy (non-hydrogen) atoms. The minimum Gasteiger partial charge on any atom is -0.472 e. The number of benzene rings is 1. The van der Waals surface area contributed by atoms with Crippen LogP contribution in [0.1, 0.15) is 26.3 Å². The van der Waals surface area contributed by atoms with E-state index in [1.54, 1.807) is 12.1 Å². The van der Waals surface area contributed by atoms with Gasteiger partial charge in [-0.1, -0.05) is 37.6 Å².